The molecule has 0 unspecified atom stereocenters. The number of aliphatic hydroxyl groups excluding tert-OH is 1. The zero-order valence-electron chi connectivity index (χ0n) is 18.6. The van der Waals surface area contributed by atoms with Crippen molar-refractivity contribution >= 4 is 34.8 Å². The molecule has 1 fully saturated rings. The molecule has 1 aliphatic rings. The van der Waals surface area contributed by atoms with Crippen LogP contribution in [0.25, 0.3) is 11.2 Å². The number of nitrogens with one attached hydrogen (secondary N) is 2. The number of imidazole rings is 1. The highest BCUT2D eigenvalue weighted by atomic mass is 16.6. The first kappa shape index (κ1) is 23.1. The van der Waals surface area contributed by atoms with E-state index >= 15 is 0 Å². The van der Waals surface area contributed by atoms with Crippen molar-refractivity contribution < 1.29 is 29.3 Å². The Hall–Kier alpha value is -4.68. The van der Waals surface area contributed by atoms with E-state index in [1.807, 2.05) is 0 Å². The van der Waals surface area contributed by atoms with E-state index in [-0.39, 0.29) is 17.0 Å². The molecule has 3 heterocycles. The first-order valence-corrected chi connectivity index (χ1v) is 10.9. The van der Waals surface area contributed by atoms with E-state index in [4.69, 9.17) is 4.74 Å². The number of aliphatic carboxylic acids is 1. The van der Waals surface area contributed by atoms with E-state index in [2.05, 4.69) is 25.6 Å². The molecule has 182 valence electrons. The molecule has 5 rings (SSSR count). The van der Waals surface area contributed by atoms with Gasteiger partial charge in [0.15, 0.2) is 29.3 Å². The number of fused-ring (bicyclic) bond motifs is 1. The topological polar surface area (TPSA) is 169 Å². The molecule has 1 saturated heterocycles. The Morgan fingerprint density at radius 3 is 2.17 bits per heavy atom. The highest BCUT2D eigenvalue weighted by Gasteiger charge is 2.49. The third-order valence-corrected chi connectivity index (χ3v) is 5.75. The van der Waals surface area contributed by atoms with Crippen LogP contribution in [-0.4, -0.2) is 65.8 Å². The molecule has 12 heteroatoms. The quantitative estimate of drug-likeness (QED) is 0.312. The summed E-state index contributed by atoms with van der Waals surface area (Å²) < 4.78 is 6.98. The normalized spacial score (nSPS) is 21.2. The van der Waals surface area contributed by atoms with Gasteiger partial charge < -0.3 is 25.6 Å². The Labute approximate surface area is 203 Å². The molecule has 2 amide bonds. The largest absolute Gasteiger partial charge is 0.479 e. The first-order chi connectivity index (χ1) is 17.4. The number of carboxylic acids is 1. The van der Waals surface area contributed by atoms with Gasteiger partial charge in [0, 0.05) is 11.1 Å². The predicted molar refractivity (Wildman–Crippen MR) is 125 cm³/mol. The Kier molecular flexibility index (Phi) is 6.10. The number of anilines is 1. The number of nitrogens with zero attached hydrogens (tertiary/aromatic N) is 4. The van der Waals surface area contributed by atoms with Gasteiger partial charge in [0.05, 0.1) is 12.4 Å². The lowest BCUT2D eigenvalue weighted by atomic mass is 10.1. The van der Waals surface area contributed by atoms with Crippen molar-refractivity contribution in [2.24, 2.45) is 0 Å². The zero-order chi connectivity index (χ0) is 25.2. The molecule has 0 spiro atoms. The van der Waals surface area contributed by atoms with E-state index in [0.29, 0.717) is 11.1 Å². The molecule has 4 aromatic rings. The number of ether oxygens (including phenoxy) is 1. The van der Waals surface area contributed by atoms with E-state index < -0.39 is 42.3 Å². The summed E-state index contributed by atoms with van der Waals surface area (Å²) in [4.78, 5) is 49.6. The predicted octanol–water partition coefficient (Wildman–Crippen LogP) is 1.22. The number of aliphatic hydroxyl groups is 1. The van der Waals surface area contributed by atoms with Gasteiger partial charge in [-0.2, -0.15) is 0 Å². The maximum Gasteiger partial charge on any atom is 0.335 e. The summed E-state index contributed by atoms with van der Waals surface area (Å²) in [6.07, 6.45) is -1.72. The molecule has 1 aliphatic heterocycles. The lowest BCUT2D eigenvalue weighted by molar-refractivity contribution is -0.152. The van der Waals surface area contributed by atoms with Gasteiger partial charge in [-0.05, 0) is 24.3 Å². The van der Waals surface area contributed by atoms with Gasteiger partial charge in [-0.1, -0.05) is 36.4 Å². The van der Waals surface area contributed by atoms with Crippen LogP contribution in [0.1, 0.15) is 26.9 Å². The number of rotatable bonds is 6. The molecule has 4 N–H and O–H groups in total. The number of carboxylic acid groups (broad SMARTS) is 1. The van der Waals surface area contributed by atoms with Gasteiger partial charge in [0.1, 0.15) is 12.4 Å². The summed E-state index contributed by atoms with van der Waals surface area (Å²) in [7, 11) is 0. The minimum atomic E-state index is -1.53. The van der Waals surface area contributed by atoms with Crippen molar-refractivity contribution in [1.29, 1.82) is 0 Å². The van der Waals surface area contributed by atoms with Gasteiger partial charge in [-0.3, -0.25) is 14.2 Å². The standard InChI is InChI=1S/C24H20N6O6/c31-17-15(28-21(32)13-7-3-1-4-8-13)18(24(34)35)36-23(17)30-12-27-16-19(25-11-26-20(16)30)29-22(33)14-9-5-2-6-10-14/h1-12,15,17-18,23,31H,(H,28,32)(H,34,35)(H,25,26,29,33)/t15-,17+,18-,23+/m0/s1. The van der Waals surface area contributed by atoms with Gasteiger partial charge in [0.25, 0.3) is 11.8 Å². The molecule has 4 atom stereocenters. The Balaban J connectivity index is 1.42. The maximum atomic E-state index is 12.6. The van der Waals surface area contributed by atoms with Crippen LogP contribution >= 0.6 is 0 Å². The monoisotopic (exact) mass is 488 g/mol. The minimum Gasteiger partial charge on any atom is -0.479 e. The molecule has 0 bridgehead atoms. The summed E-state index contributed by atoms with van der Waals surface area (Å²) in [6.45, 7) is 0. The average molecular weight is 488 g/mol. The summed E-state index contributed by atoms with van der Waals surface area (Å²) in [5.41, 5.74) is 1.12. The van der Waals surface area contributed by atoms with Crippen LogP contribution in [0.3, 0.4) is 0 Å². The highest BCUT2D eigenvalue weighted by molar-refractivity contribution is 6.06. The van der Waals surface area contributed by atoms with Gasteiger partial charge in [-0.15, -0.1) is 0 Å². The molecule has 36 heavy (non-hydrogen) atoms. The van der Waals surface area contributed by atoms with Gasteiger partial charge in [-0.25, -0.2) is 19.7 Å². The highest BCUT2D eigenvalue weighted by Crippen LogP contribution is 2.32. The second-order valence-corrected chi connectivity index (χ2v) is 8.01. The van der Waals surface area contributed by atoms with Crippen LogP contribution in [0.15, 0.2) is 73.3 Å². The smallest absolute Gasteiger partial charge is 0.335 e. The van der Waals surface area contributed by atoms with Crippen molar-refractivity contribution in [3.05, 3.63) is 84.4 Å². The lowest BCUT2D eigenvalue weighted by Crippen LogP contribution is -2.49. The molecule has 0 aliphatic carbocycles. The molecule has 0 saturated carbocycles. The van der Waals surface area contributed by atoms with Gasteiger partial charge >= 0.3 is 5.97 Å². The van der Waals surface area contributed by atoms with E-state index in [1.54, 1.807) is 60.7 Å². The number of benzene rings is 2. The second kappa shape index (κ2) is 9.52. The molecule has 2 aromatic heterocycles. The summed E-state index contributed by atoms with van der Waals surface area (Å²) in [5, 5.41) is 25.9. The van der Waals surface area contributed by atoms with E-state index in [1.165, 1.54) is 17.2 Å². The van der Waals surface area contributed by atoms with Crippen molar-refractivity contribution in [3.8, 4) is 0 Å². The second-order valence-electron chi connectivity index (χ2n) is 8.01. The average Bonchev–Trinajstić information content (AvgIpc) is 3.47. The first-order valence-electron chi connectivity index (χ1n) is 10.9. The number of amides is 2. The number of aromatic nitrogens is 4. The van der Waals surface area contributed by atoms with Crippen LogP contribution in [0.5, 0.6) is 0 Å². The SMILES string of the molecule is O=C(Nc1ncnc2c1ncn2[C@@H]1O[C@H](C(=O)O)[C@@H](NC(=O)c2ccccc2)[C@H]1O)c1ccccc1. The van der Waals surface area contributed by atoms with E-state index in [9.17, 15) is 24.6 Å². The van der Waals surface area contributed by atoms with Crippen molar-refractivity contribution in [2.45, 2.75) is 24.5 Å². The molecule has 12 nitrogen and oxygen atoms in total. The Bertz CT molecular complexity index is 1430. The van der Waals surface area contributed by atoms with Crippen LogP contribution in [-0.2, 0) is 9.53 Å². The molecular formula is C24H20N6O6. The fourth-order valence-electron chi connectivity index (χ4n) is 4.00. The Morgan fingerprint density at radius 2 is 1.53 bits per heavy atom. The third-order valence-electron chi connectivity index (χ3n) is 5.75. The number of hydrogen-bond acceptors (Lipinski definition) is 8. The fourth-order valence-corrected chi connectivity index (χ4v) is 4.00. The van der Waals surface area contributed by atoms with Crippen LogP contribution < -0.4 is 10.6 Å². The zero-order valence-corrected chi connectivity index (χ0v) is 18.6. The maximum absolute atomic E-state index is 12.6. The van der Waals surface area contributed by atoms with Crippen LogP contribution in [0.4, 0.5) is 5.82 Å². The molecular weight excluding hydrogens is 468 g/mol. The Morgan fingerprint density at radius 1 is 0.889 bits per heavy atom. The fraction of sp³-hybridized carbons (Fsp3) is 0.167. The number of hydrogen-bond donors (Lipinski definition) is 4. The van der Waals surface area contributed by atoms with Crippen molar-refractivity contribution in [3.63, 3.8) is 0 Å². The summed E-state index contributed by atoms with van der Waals surface area (Å²) >= 11 is 0. The van der Waals surface area contributed by atoms with E-state index in [0.717, 1.165) is 0 Å². The van der Waals surface area contributed by atoms with Crippen molar-refractivity contribution in [1.82, 2.24) is 24.8 Å². The third kappa shape index (κ3) is 4.26. The minimum absolute atomic E-state index is 0.129. The number of carbonyl (C=O) groups is 3. The number of carbonyl (C=O) groups excluding carboxylic acids is 2. The van der Waals surface area contributed by atoms with Gasteiger partial charge in [0.2, 0.25) is 0 Å². The lowest BCUT2D eigenvalue weighted by Gasteiger charge is -2.20. The summed E-state index contributed by atoms with van der Waals surface area (Å²) in [5.74, 6) is -2.19. The van der Waals surface area contributed by atoms with Crippen molar-refractivity contribution in [2.75, 3.05) is 5.32 Å². The summed E-state index contributed by atoms with van der Waals surface area (Å²) in [6, 6.07) is 15.5. The van der Waals surface area contributed by atoms with Crippen LogP contribution in [0, 0.1) is 0 Å². The van der Waals surface area contributed by atoms with Crippen LogP contribution in [0.2, 0.25) is 0 Å². The molecule has 0 radical (unpaired) electrons. The molecule has 2 aromatic carbocycles.